The fourth-order valence-corrected chi connectivity index (χ4v) is 9.32. The molecule has 2 aromatic rings. The number of hydrogen-bond acceptors (Lipinski definition) is 3. The fraction of sp³-hybridized carbons (Fsp3) is 0.296. The lowest BCUT2D eigenvalue weighted by molar-refractivity contribution is -0.582. The van der Waals surface area contributed by atoms with Crippen LogP contribution >= 0.6 is 0 Å². The van der Waals surface area contributed by atoms with Crippen molar-refractivity contribution in [3.05, 3.63) is 82.6 Å². The molecule has 0 amide bonds. The summed E-state index contributed by atoms with van der Waals surface area (Å²) in [5, 5.41) is 2.65. The lowest BCUT2D eigenvalue weighted by Crippen LogP contribution is -2.50. The van der Waals surface area contributed by atoms with Gasteiger partial charge in [-0.2, -0.15) is 8.42 Å². The number of fused-ring (bicyclic) bond motifs is 2. The summed E-state index contributed by atoms with van der Waals surface area (Å²) < 4.78 is 37.2. The van der Waals surface area contributed by atoms with Crippen LogP contribution in [-0.4, -0.2) is 57.5 Å². The Bertz CT molecular complexity index is 1450. The van der Waals surface area contributed by atoms with Crippen molar-refractivity contribution in [3.63, 3.8) is 0 Å². The Morgan fingerprint density at radius 3 is 2.38 bits per heavy atom. The molecule has 4 aliphatic rings. The van der Waals surface area contributed by atoms with Crippen LogP contribution in [0, 0.1) is 0 Å². The maximum Gasteiger partial charge on any atom is 0.295 e. The molecule has 0 unspecified atom stereocenters. The van der Waals surface area contributed by atoms with Crippen molar-refractivity contribution in [3.8, 4) is 0 Å². The van der Waals surface area contributed by atoms with Crippen molar-refractivity contribution in [2.75, 3.05) is 31.1 Å². The lowest BCUT2D eigenvalue weighted by atomic mass is 9.89. The minimum Gasteiger partial charge on any atom is -0.371 e. The van der Waals surface area contributed by atoms with Crippen LogP contribution in [0.3, 0.4) is 0 Å². The van der Waals surface area contributed by atoms with Gasteiger partial charge in [-0.1, -0.05) is 37.4 Å². The van der Waals surface area contributed by atoms with Gasteiger partial charge in [0.1, 0.15) is 26.1 Å². The Kier molecular flexibility index (Phi) is 4.89. The highest BCUT2D eigenvalue weighted by molar-refractivity contribution is 7.86. The van der Waals surface area contributed by atoms with Crippen LogP contribution < -0.4 is 10.1 Å². The minimum absolute atomic E-state index is 0.0399. The quantitative estimate of drug-likeness (QED) is 0.405. The SMILES string of the molecule is C[Si]1(C)C2=CC(=[N+]3CCC3)C=CC2=C(c2ccccc2S(=O)(=O)O)c2ccc(N3CCC3)cc21. The molecule has 3 heterocycles. The monoisotopic (exact) mass is 489 g/mol. The van der Waals surface area contributed by atoms with E-state index in [1.165, 1.54) is 40.7 Å². The van der Waals surface area contributed by atoms with Gasteiger partial charge in [-0.05, 0) is 57.8 Å². The first-order valence-electron chi connectivity index (χ1n) is 12.0. The van der Waals surface area contributed by atoms with Crippen LogP contribution in [0.2, 0.25) is 13.1 Å². The molecule has 174 valence electrons. The molecular formula is C27H29N2O3SSi+. The predicted molar refractivity (Wildman–Crippen MR) is 140 cm³/mol. The molecular weight excluding hydrogens is 460 g/mol. The number of allylic oxidation sites excluding steroid dienone is 5. The van der Waals surface area contributed by atoms with E-state index in [1.54, 1.807) is 6.07 Å². The molecule has 0 saturated carbocycles. The van der Waals surface area contributed by atoms with Gasteiger partial charge in [0.15, 0.2) is 5.71 Å². The van der Waals surface area contributed by atoms with E-state index < -0.39 is 18.2 Å². The summed E-state index contributed by atoms with van der Waals surface area (Å²) in [6, 6.07) is 13.5. The molecule has 34 heavy (non-hydrogen) atoms. The fourth-order valence-electron chi connectivity index (χ4n) is 5.56. The summed E-state index contributed by atoms with van der Waals surface area (Å²) >= 11 is 0. The van der Waals surface area contributed by atoms with E-state index in [9.17, 15) is 13.0 Å². The zero-order valence-corrected chi connectivity index (χ0v) is 21.4. The van der Waals surface area contributed by atoms with Crippen molar-refractivity contribution >= 4 is 40.4 Å². The van der Waals surface area contributed by atoms with Gasteiger partial charge >= 0.3 is 0 Å². The normalized spacial score (nSPS) is 20.9. The van der Waals surface area contributed by atoms with E-state index in [-0.39, 0.29) is 4.90 Å². The van der Waals surface area contributed by atoms with Gasteiger partial charge in [0.05, 0.1) is 6.42 Å². The second-order valence-electron chi connectivity index (χ2n) is 10.1. The average Bonchev–Trinajstić information content (AvgIpc) is 2.72. The third-order valence-electron chi connectivity index (χ3n) is 7.77. The summed E-state index contributed by atoms with van der Waals surface area (Å²) in [6.07, 6.45) is 9.12. The van der Waals surface area contributed by atoms with Crippen LogP contribution in [-0.2, 0) is 10.1 Å². The maximum absolute atomic E-state index is 12.4. The Labute approximate surface area is 202 Å². The van der Waals surface area contributed by atoms with Crippen LogP contribution in [0.25, 0.3) is 5.57 Å². The number of rotatable bonds is 3. The first kappa shape index (κ1) is 21.8. The predicted octanol–water partition coefficient (Wildman–Crippen LogP) is 3.77. The first-order chi connectivity index (χ1) is 16.2. The largest absolute Gasteiger partial charge is 0.371 e. The smallest absolute Gasteiger partial charge is 0.295 e. The van der Waals surface area contributed by atoms with Crippen LogP contribution in [0.1, 0.15) is 24.0 Å². The average molecular weight is 490 g/mol. The number of benzene rings is 2. The van der Waals surface area contributed by atoms with Crippen molar-refractivity contribution in [1.82, 2.24) is 0 Å². The van der Waals surface area contributed by atoms with Gasteiger partial charge in [0.2, 0.25) is 0 Å². The van der Waals surface area contributed by atoms with Gasteiger partial charge < -0.3 is 4.90 Å². The van der Waals surface area contributed by atoms with E-state index >= 15 is 0 Å². The molecule has 1 aliphatic carbocycles. The van der Waals surface area contributed by atoms with Gasteiger partial charge in [-0.3, -0.25) is 4.55 Å². The number of anilines is 1. The van der Waals surface area contributed by atoms with Gasteiger partial charge in [0.25, 0.3) is 10.1 Å². The Hall–Kier alpha value is -2.74. The maximum atomic E-state index is 12.4. The molecule has 3 aliphatic heterocycles. The molecule has 2 aromatic carbocycles. The number of hydrogen-bond donors (Lipinski definition) is 1. The Morgan fingerprint density at radius 2 is 1.74 bits per heavy atom. The zero-order chi connectivity index (χ0) is 23.7. The Morgan fingerprint density at radius 1 is 0.971 bits per heavy atom. The van der Waals surface area contributed by atoms with E-state index in [4.69, 9.17) is 0 Å². The molecule has 0 radical (unpaired) electrons. The molecule has 1 N–H and O–H groups in total. The summed E-state index contributed by atoms with van der Waals surface area (Å²) in [5.74, 6) is 0. The second kappa shape index (κ2) is 7.63. The topological polar surface area (TPSA) is 60.6 Å². The van der Waals surface area contributed by atoms with Crippen molar-refractivity contribution in [1.29, 1.82) is 0 Å². The molecule has 0 atom stereocenters. The van der Waals surface area contributed by atoms with E-state index in [0.717, 1.165) is 42.9 Å². The summed E-state index contributed by atoms with van der Waals surface area (Å²) in [6.45, 7) is 9.13. The van der Waals surface area contributed by atoms with Crippen molar-refractivity contribution in [2.45, 2.75) is 30.8 Å². The molecule has 2 fully saturated rings. The third kappa shape index (κ3) is 3.29. The van der Waals surface area contributed by atoms with Crippen LogP contribution in [0.5, 0.6) is 0 Å². The van der Waals surface area contributed by atoms with Crippen LogP contribution in [0.4, 0.5) is 5.69 Å². The molecule has 2 saturated heterocycles. The second-order valence-corrected chi connectivity index (χ2v) is 15.8. The van der Waals surface area contributed by atoms with Gasteiger partial charge in [-0.15, -0.1) is 0 Å². The molecule has 5 nitrogen and oxygen atoms in total. The first-order valence-corrected chi connectivity index (χ1v) is 16.4. The molecule has 0 aromatic heterocycles. The number of nitrogens with zero attached hydrogens (tertiary/aromatic N) is 2. The molecule has 6 rings (SSSR count). The van der Waals surface area contributed by atoms with Gasteiger partial charge in [0, 0.05) is 36.5 Å². The minimum atomic E-state index is -4.38. The highest BCUT2D eigenvalue weighted by atomic mass is 32.2. The van der Waals surface area contributed by atoms with Gasteiger partial charge in [-0.25, -0.2) is 4.58 Å². The summed E-state index contributed by atoms with van der Waals surface area (Å²) in [4.78, 5) is 2.37. The van der Waals surface area contributed by atoms with E-state index in [1.807, 2.05) is 12.1 Å². The van der Waals surface area contributed by atoms with Crippen LogP contribution in [0.15, 0.2) is 76.4 Å². The molecule has 7 heteroatoms. The highest BCUT2D eigenvalue weighted by Gasteiger charge is 2.41. The zero-order valence-electron chi connectivity index (χ0n) is 19.6. The lowest BCUT2D eigenvalue weighted by Gasteiger charge is -2.40. The molecule has 0 spiro atoms. The van der Waals surface area contributed by atoms with E-state index in [2.05, 4.69) is 59.0 Å². The molecule has 0 bridgehead atoms. The third-order valence-corrected chi connectivity index (χ3v) is 12.2. The summed E-state index contributed by atoms with van der Waals surface area (Å²) in [7, 11) is -6.46. The Balaban J connectivity index is 1.66. The summed E-state index contributed by atoms with van der Waals surface area (Å²) in [5.41, 5.74) is 6.12. The highest BCUT2D eigenvalue weighted by Crippen LogP contribution is 2.43. The van der Waals surface area contributed by atoms with E-state index in [0.29, 0.717) is 5.56 Å². The van der Waals surface area contributed by atoms with Crippen molar-refractivity contribution in [2.24, 2.45) is 0 Å². The van der Waals surface area contributed by atoms with Crippen molar-refractivity contribution < 1.29 is 17.5 Å². The standard InChI is InChI=1S/C27H28N2O3SSi/c1-34(2)25-17-19(28-13-5-14-28)9-11-22(25)27(21-7-3-4-8-24(21)33(30,31)32)23-12-10-20(18-26(23)34)29-15-6-16-29/h3-4,7-12,17-18H,5-6,13-16H2,1-2H3/p+1.